The molecule has 1 aromatic carbocycles. The van der Waals surface area contributed by atoms with E-state index in [-0.39, 0.29) is 11.8 Å². The first-order chi connectivity index (χ1) is 11.0. The van der Waals surface area contributed by atoms with Gasteiger partial charge in [-0.15, -0.1) is 0 Å². The van der Waals surface area contributed by atoms with Crippen molar-refractivity contribution in [3.8, 4) is 0 Å². The maximum absolute atomic E-state index is 12.6. The summed E-state index contributed by atoms with van der Waals surface area (Å²) in [6, 6.07) is 8.29. The van der Waals surface area contributed by atoms with Crippen molar-refractivity contribution >= 4 is 27.7 Å². The molecule has 2 atom stereocenters. The summed E-state index contributed by atoms with van der Waals surface area (Å²) in [5, 5.41) is 2.88. The van der Waals surface area contributed by atoms with Gasteiger partial charge in [-0.1, -0.05) is 28.1 Å². The molecule has 1 saturated carbocycles. The molecule has 3 rings (SSSR count). The average Bonchev–Trinajstić information content (AvgIpc) is 3.33. The van der Waals surface area contributed by atoms with Crippen LogP contribution in [0.4, 0.5) is 0 Å². The van der Waals surface area contributed by atoms with Gasteiger partial charge in [-0.05, 0) is 48.8 Å². The van der Waals surface area contributed by atoms with Crippen LogP contribution in [-0.4, -0.2) is 36.3 Å². The number of rotatable bonds is 4. The fourth-order valence-corrected chi connectivity index (χ4v) is 3.87. The third kappa shape index (κ3) is 4.14. The summed E-state index contributed by atoms with van der Waals surface area (Å²) in [7, 11) is 0. The Morgan fingerprint density at radius 2 is 2.04 bits per heavy atom. The molecule has 1 aliphatic carbocycles. The number of carbonyl (C=O) groups is 2. The number of nitrogens with zero attached hydrogens (tertiary/aromatic N) is 1. The Morgan fingerprint density at radius 3 is 2.70 bits per heavy atom. The second-order valence-electron chi connectivity index (χ2n) is 6.71. The van der Waals surface area contributed by atoms with Crippen LogP contribution in [0.2, 0.25) is 0 Å². The van der Waals surface area contributed by atoms with Crippen LogP contribution in [0.1, 0.15) is 37.7 Å². The topological polar surface area (TPSA) is 49.4 Å². The minimum absolute atomic E-state index is 0.0263. The van der Waals surface area contributed by atoms with E-state index >= 15 is 0 Å². The molecule has 0 aromatic heterocycles. The fourth-order valence-electron chi connectivity index (χ4n) is 3.45. The molecule has 124 valence electrons. The second kappa shape index (κ2) is 7.04. The SMILES string of the molecule is CC(=O)NCC1CCN(C(=O)[C@H]2C[C@H]2c2cccc(Br)c2)CC1. The molecule has 2 aliphatic rings. The van der Waals surface area contributed by atoms with Gasteiger partial charge in [-0.3, -0.25) is 9.59 Å². The summed E-state index contributed by atoms with van der Waals surface area (Å²) in [4.78, 5) is 25.6. The Hall–Kier alpha value is -1.36. The van der Waals surface area contributed by atoms with Crippen LogP contribution in [0.25, 0.3) is 0 Å². The first-order valence-electron chi connectivity index (χ1n) is 8.33. The molecule has 5 heteroatoms. The maximum Gasteiger partial charge on any atom is 0.226 e. The summed E-state index contributed by atoms with van der Waals surface area (Å²) in [6.45, 7) is 3.94. The normalized spacial score (nSPS) is 24.3. The third-order valence-corrected chi connectivity index (χ3v) is 5.44. The molecule has 2 amide bonds. The zero-order valence-electron chi connectivity index (χ0n) is 13.4. The molecule has 0 unspecified atom stereocenters. The predicted octanol–water partition coefficient (Wildman–Crippen LogP) is 2.93. The van der Waals surface area contributed by atoms with Gasteiger partial charge in [0.15, 0.2) is 0 Å². The number of likely N-dealkylation sites (tertiary alicyclic amines) is 1. The Bertz CT molecular complexity index is 596. The summed E-state index contributed by atoms with van der Waals surface area (Å²) in [6.07, 6.45) is 2.95. The van der Waals surface area contributed by atoms with Crippen LogP contribution in [0.5, 0.6) is 0 Å². The number of piperidine rings is 1. The lowest BCUT2D eigenvalue weighted by Gasteiger charge is -2.32. The van der Waals surface area contributed by atoms with Crippen molar-refractivity contribution in [2.24, 2.45) is 11.8 Å². The maximum atomic E-state index is 12.6. The van der Waals surface area contributed by atoms with Crippen molar-refractivity contribution in [3.05, 3.63) is 34.3 Å². The van der Waals surface area contributed by atoms with Gasteiger partial charge in [0.2, 0.25) is 11.8 Å². The molecule has 1 aromatic rings. The van der Waals surface area contributed by atoms with Gasteiger partial charge in [0, 0.05) is 36.9 Å². The molecule has 2 fully saturated rings. The molecule has 4 nitrogen and oxygen atoms in total. The third-order valence-electron chi connectivity index (χ3n) is 4.95. The molecule has 0 bridgehead atoms. The number of benzene rings is 1. The second-order valence-corrected chi connectivity index (χ2v) is 7.63. The zero-order valence-corrected chi connectivity index (χ0v) is 15.0. The van der Waals surface area contributed by atoms with Gasteiger partial charge in [-0.25, -0.2) is 0 Å². The Morgan fingerprint density at radius 1 is 1.30 bits per heavy atom. The van der Waals surface area contributed by atoms with Gasteiger partial charge >= 0.3 is 0 Å². The molecule has 1 aliphatic heterocycles. The number of hydrogen-bond acceptors (Lipinski definition) is 2. The van der Waals surface area contributed by atoms with E-state index in [0.29, 0.717) is 17.7 Å². The van der Waals surface area contributed by atoms with Gasteiger partial charge in [-0.2, -0.15) is 0 Å². The van der Waals surface area contributed by atoms with Gasteiger partial charge in [0.25, 0.3) is 0 Å². The van der Waals surface area contributed by atoms with Crippen molar-refractivity contribution in [1.82, 2.24) is 10.2 Å². The van der Waals surface area contributed by atoms with Crippen LogP contribution < -0.4 is 5.32 Å². The first-order valence-corrected chi connectivity index (χ1v) is 9.12. The predicted molar refractivity (Wildman–Crippen MR) is 93.0 cm³/mol. The quantitative estimate of drug-likeness (QED) is 0.875. The molecule has 0 radical (unpaired) electrons. The van der Waals surface area contributed by atoms with Crippen molar-refractivity contribution in [2.45, 2.75) is 32.1 Å². The number of amides is 2. The fraction of sp³-hybridized carbons (Fsp3) is 0.556. The summed E-state index contributed by atoms with van der Waals surface area (Å²) >= 11 is 3.50. The van der Waals surface area contributed by atoms with Crippen LogP contribution in [0, 0.1) is 11.8 Å². The minimum atomic E-state index is 0.0263. The lowest BCUT2D eigenvalue weighted by molar-refractivity contribution is -0.134. The van der Waals surface area contributed by atoms with E-state index in [9.17, 15) is 9.59 Å². The lowest BCUT2D eigenvalue weighted by atomic mass is 9.96. The molecular formula is C18H23BrN2O2. The van der Waals surface area contributed by atoms with Gasteiger partial charge in [0.1, 0.15) is 0 Å². The van der Waals surface area contributed by atoms with Crippen LogP contribution >= 0.6 is 15.9 Å². The van der Waals surface area contributed by atoms with Crippen molar-refractivity contribution < 1.29 is 9.59 Å². The van der Waals surface area contributed by atoms with Crippen molar-refractivity contribution in [3.63, 3.8) is 0 Å². The van der Waals surface area contributed by atoms with Crippen molar-refractivity contribution in [1.29, 1.82) is 0 Å². The molecule has 1 saturated heterocycles. The number of hydrogen-bond donors (Lipinski definition) is 1. The Balaban J connectivity index is 1.48. The van der Waals surface area contributed by atoms with E-state index < -0.39 is 0 Å². The van der Waals surface area contributed by atoms with E-state index in [2.05, 4.69) is 33.4 Å². The smallest absolute Gasteiger partial charge is 0.226 e. The molecule has 1 heterocycles. The van der Waals surface area contributed by atoms with Crippen LogP contribution in [0.15, 0.2) is 28.7 Å². The molecular weight excluding hydrogens is 356 g/mol. The Labute approximate surface area is 145 Å². The van der Waals surface area contributed by atoms with E-state index in [0.717, 1.165) is 43.4 Å². The summed E-state index contributed by atoms with van der Waals surface area (Å²) in [5.74, 6) is 1.39. The van der Waals surface area contributed by atoms with E-state index in [1.807, 2.05) is 17.0 Å². The van der Waals surface area contributed by atoms with Gasteiger partial charge < -0.3 is 10.2 Å². The van der Waals surface area contributed by atoms with E-state index in [1.54, 1.807) is 6.92 Å². The average molecular weight is 379 g/mol. The highest BCUT2D eigenvalue weighted by Crippen LogP contribution is 2.49. The van der Waals surface area contributed by atoms with Crippen LogP contribution in [-0.2, 0) is 9.59 Å². The largest absolute Gasteiger partial charge is 0.356 e. The molecule has 0 spiro atoms. The number of nitrogens with one attached hydrogen (secondary N) is 1. The van der Waals surface area contributed by atoms with Crippen LogP contribution in [0.3, 0.4) is 0 Å². The van der Waals surface area contributed by atoms with Crippen molar-refractivity contribution in [2.75, 3.05) is 19.6 Å². The highest BCUT2D eigenvalue weighted by atomic mass is 79.9. The standard InChI is InChI=1S/C18H23BrN2O2/c1-12(22)20-11-13-5-7-21(8-6-13)18(23)17-10-16(17)14-3-2-4-15(19)9-14/h2-4,9,13,16-17H,5-8,10-11H2,1H3,(H,20,22)/t16-,17-/m0/s1. The highest BCUT2D eigenvalue weighted by Gasteiger charge is 2.46. The number of carbonyl (C=O) groups excluding carboxylic acids is 2. The first kappa shape index (κ1) is 16.5. The highest BCUT2D eigenvalue weighted by molar-refractivity contribution is 9.10. The summed E-state index contributed by atoms with van der Waals surface area (Å²) in [5.41, 5.74) is 1.26. The van der Waals surface area contributed by atoms with Gasteiger partial charge in [0.05, 0.1) is 0 Å². The Kier molecular flexibility index (Phi) is 5.05. The zero-order chi connectivity index (χ0) is 16.4. The summed E-state index contributed by atoms with van der Waals surface area (Å²) < 4.78 is 1.08. The number of halogens is 1. The minimum Gasteiger partial charge on any atom is -0.356 e. The monoisotopic (exact) mass is 378 g/mol. The lowest BCUT2D eigenvalue weighted by Crippen LogP contribution is -2.42. The van der Waals surface area contributed by atoms with E-state index in [1.165, 1.54) is 5.56 Å². The molecule has 23 heavy (non-hydrogen) atoms. The molecule has 1 N–H and O–H groups in total. The van der Waals surface area contributed by atoms with E-state index in [4.69, 9.17) is 0 Å².